The number of hydrogen-bond acceptors (Lipinski definition) is 5. The summed E-state index contributed by atoms with van der Waals surface area (Å²) in [6.07, 6.45) is 4.99. The molecule has 1 aromatic rings. The van der Waals surface area contributed by atoms with E-state index < -0.39 is 6.10 Å². The minimum atomic E-state index is -0.639. The highest BCUT2D eigenvalue weighted by Crippen LogP contribution is 2.20. The number of nitrogens with one attached hydrogen (secondary N) is 2. The van der Waals surface area contributed by atoms with Crippen LogP contribution in [-0.4, -0.2) is 38.1 Å². The average Bonchev–Trinajstić information content (AvgIpc) is 2.75. The van der Waals surface area contributed by atoms with Gasteiger partial charge < -0.3 is 20.1 Å². The van der Waals surface area contributed by atoms with Crippen LogP contribution in [0, 0.1) is 11.3 Å². The Balaban J connectivity index is 2.25. The smallest absolute Gasteiger partial charge is 0.243 e. The summed E-state index contributed by atoms with van der Waals surface area (Å²) in [4.78, 5) is 22.0. The van der Waals surface area contributed by atoms with Crippen LogP contribution in [0.15, 0.2) is 49.6 Å². The molecule has 1 rings (SSSR count). The fourth-order valence-corrected chi connectivity index (χ4v) is 2.36. The third kappa shape index (κ3) is 10.7. The highest BCUT2D eigenvalue weighted by molar-refractivity contribution is 5.87. The van der Waals surface area contributed by atoms with Crippen LogP contribution < -0.4 is 15.4 Å². The van der Waals surface area contributed by atoms with Gasteiger partial charge in [0.05, 0.1) is 12.7 Å². The molecule has 7 nitrogen and oxygen atoms in total. The van der Waals surface area contributed by atoms with Gasteiger partial charge in [0.1, 0.15) is 5.75 Å². The van der Waals surface area contributed by atoms with Crippen molar-refractivity contribution in [3.05, 3.63) is 55.1 Å². The van der Waals surface area contributed by atoms with E-state index in [2.05, 4.69) is 29.9 Å². The lowest BCUT2D eigenvalue weighted by atomic mass is 10.1. The molecule has 1 atom stereocenters. The van der Waals surface area contributed by atoms with Gasteiger partial charge in [-0.15, -0.1) is 0 Å². The first-order valence-electron chi connectivity index (χ1n) is 9.65. The molecule has 7 heteroatoms. The summed E-state index contributed by atoms with van der Waals surface area (Å²) < 4.78 is 11.3. The van der Waals surface area contributed by atoms with Gasteiger partial charge in [0.2, 0.25) is 11.8 Å². The molecular weight excluding hydrogens is 370 g/mol. The zero-order valence-corrected chi connectivity index (χ0v) is 16.7. The number of amides is 2. The maximum Gasteiger partial charge on any atom is 0.243 e. The van der Waals surface area contributed by atoms with E-state index in [0.717, 1.165) is 37.0 Å². The summed E-state index contributed by atoms with van der Waals surface area (Å²) in [6, 6.07) is 9.41. The Morgan fingerprint density at radius 1 is 0.966 bits per heavy atom. The van der Waals surface area contributed by atoms with E-state index in [9.17, 15) is 14.9 Å². The zero-order chi connectivity index (χ0) is 21.3. The topological polar surface area (TPSA) is 100 Å². The predicted octanol–water partition coefficient (Wildman–Crippen LogP) is 2.81. The van der Waals surface area contributed by atoms with Crippen LogP contribution in [0.1, 0.15) is 37.4 Å². The summed E-state index contributed by atoms with van der Waals surface area (Å²) in [5.74, 6) is 0.358. The van der Waals surface area contributed by atoms with E-state index in [1.165, 1.54) is 12.2 Å². The molecule has 156 valence electrons. The SMILES string of the molecule is C=CC(=O)NCCCCOc1ccc(C(C#N)OCCCCNC(=O)C=C)cc1. The molecule has 0 heterocycles. The first kappa shape index (κ1) is 23.9. The van der Waals surface area contributed by atoms with Crippen LogP contribution in [0.25, 0.3) is 0 Å². The minimum absolute atomic E-state index is 0.171. The molecule has 0 aliphatic carbocycles. The van der Waals surface area contributed by atoms with Gasteiger partial charge in [-0.25, -0.2) is 0 Å². The molecule has 0 saturated carbocycles. The standard InChI is InChI=1S/C22H29N3O4/c1-3-21(26)24-13-5-7-15-28-19-11-9-18(10-12-19)20(17-23)29-16-8-6-14-25-22(27)4-2/h3-4,9-12,20H,1-2,5-8,13-16H2,(H,24,26)(H,25,27). The largest absolute Gasteiger partial charge is 0.494 e. The van der Waals surface area contributed by atoms with E-state index in [1.54, 1.807) is 0 Å². The molecule has 1 unspecified atom stereocenters. The van der Waals surface area contributed by atoms with Crippen LogP contribution in [0.2, 0.25) is 0 Å². The van der Waals surface area contributed by atoms with Gasteiger partial charge in [0.15, 0.2) is 6.10 Å². The molecule has 0 bridgehead atoms. The van der Waals surface area contributed by atoms with Crippen LogP contribution >= 0.6 is 0 Å². The molecule has 0 saturated heterocycles. The molecule has 0 fully saturated rings. The Morgan fingerprint density at radius 2 is 1.52 bits per heavy atom. The predicted molar refractivity (Wildman–Crippen MR) is 111 cm³/mol. The van der Waals surface area contributed by atoms with Gasteiger partial charge >= 0.3 is 0 Å². The van der Waals surface area contributed by atoms with Gasteiger partial charge in [-0.05, 0) is 55.5 Å². The van der Waals surface area contributed by atoms with E-state index >= 15 is 0 Å². The Labute approximate surface area is 172 Å². The summed E-state index contributed by atoms with van der Waals surface area (Å²) in [5.41, 5.74) is 0.770. The average molecular weight is 399 g/mol. The maximum absolute atomic E-state index is 11.0. The van der Waals surface area contributed by atoms with Crippen LogP contribution in [0.4, 0.5) is 0 Å². The summed E-state index contributed by atoms with van der Waals surface area (Å²) in [5, 5.41) is 14.7. The second-order valence-electron chi connectivity index (χ2n) is 6.20. The number of nitrogens with zero attached hydrogens (tertiary/aromatic N) is 1. The fraction of sp³-hybridized carbons (Fsp3) is 0.409. The third-order valence-corrected chi connectivity index (χ3v) is 3.96. The molecule has 0 aliphatic rings. The fourth-order valence-electron chi connectivity index (χ4n) is 2.36. The van der Waals surface area contributed by atoms with Crippen molar-refractivity contribution >= 4 is 11.8 Å². The number of benzene rings is 1. The van der Waals surface area contributed by atoms with E-state index in [1.807, 2.05) is 24.3 Å². The summed E-state index contributed by atoms with van der Waals surface area (Å²) >= 11 is 0. The first-order chi connectivity index (χ1) is 14.1. The van der Waals surface area contributed by atoms with Crippen molar-refractivity contribution in [1.29, 1.82) is 5.26 Å². The molecule has 2 N–H and O–H groups in total. The number of carbonyl (C=O) groups is 2. The molecule has 0 aliphatic heterocycles. The summed E-state index contributed by atoms with van der Waals surface area (Å²) in [6.45, 7) is 8.91. The van der Waals surface area contributed by atoms with Gasteiger partial charge in [-0.3, -0.25) is 9.59 Å². The van der Waals surface area contributed by atoms with Gasteiger partial charge in [0, 0.05) is 19.7 Å². The van der Waals surface area contributed by atoms with Crippen molar-refractivity contribution in [2.24, 2.45) is 0 Å². The second-order valence-corrected chi connectivity index (χ2v) is 6.20. The van der Waals surface area contributed by atoms with Gasteiger partial charge in [-0.1, -0.05) is 25.3 Å². The lowest BCUT2D eigenvalue weighted by Gasteiger charge is -2.12. The quantitative estimate of drug-likeness (QED) is 0.349. The zero-order valence-electron chi connectivity index (χ0n) is 16.7. The Kier molecular flexibility index (Phi) is 12.3. The Hall–Kier alpha value is -3.11. The Bertz CT molecular complexity index is 695. The number of hydrogen-bond donors (Lipinski definition) is 2. The van der Waals surface area contributed by atoms with Gasteiger partial charge in [0.25, 0.3) is 0 Å². The molecule has 1 aromatic carbocycles. The number of unbranched alkanes of at least 4 members (excludes halogenated alkanes) is 2. The van der Waals surface area contributed by atoms with Crippen molar-refractivity contribution in [2.75, 3.05) is 26.3 Å². The second kappa shape index (κ2) is 14.9. The monoisotopic (exact) mass is 399 g/mol. The minimum Gasteiger partial charge on any atom is -0.494 e. The van der Waals surface area contributed by atoms with Crippen molar-refractivity contribution in [1.82, 2.24) is 10.6 Å². The normalized spacial score (nSPS) is 11.0. The van der Waals surface area contributed by atoms with Crippen LogP contribution in [-0.2, 0) is 14.3 Å². The molecule has 2 amide bonds. The van der Waals surface area contributed by atoms with Gasteiger partial charge in [-0.2, -0.15) is 5.26 Å². The molecular formula is C22H29N3O4. The van der Waals surface area contributed by atoms with Crippen molar-refractivity contribution in [2.45, 2.75) is 31.8 Å². The van der Waals surface area contributed by atoms with Crippen molar-refractivity contribution in [3.8, 4) is 11.8 Å². The highest BCUT2D eigenvalue weighted by Gasteiger charge is 2.10. The Morgan fingerprint density at radius 3 is 2.03 bits per heavy atom. The van der Waals surface area contributed by atoms with Crippen molar-refractivity contribution in [3.63, 3.8) is 0 Å². The lowest BCUT2D eigenvalue weighted by Crippen LogP contribution is -2.22. The molecule has 0 aromatic heterocycles. The van der Waals surface area contributed by atoms with E-state index in [4.69, 9.17) is 9.47 Å². The van der Waals surface area contributed by atoms with E-state index in [0.29, 0.717) is 26.3 Å². The molecule has 29 heavy (non-hydrogen) atoms. The maximum atomic E-state index is 11.0. The number of rotatable bonds is 15. The van der Waals surface area contributed by atoms with Crippen molar-refractivity contribution < 1.29 is 19.1 Å². The first-order valence-corrected chi connectivity index (χ1v) is 9.65. The molecule has 0 spiro atoms. The van der Waals surface area contributed by atoms with Crippen LogP contribution in [0.5, 0.6) is 5.75 Å². The third-order valence-electron chi connectivity index (χ3n) is 3.96. The number of carbonyl (C=O) groups excluding carboxylic acids is 2. The summed E-state index contributed by atoms with van der Waals surface area (Å²) in [7, 11) is 0. The lowest BCUT2D eigenvalue weighted by molar-refractivity contribution is -0.117. The number of nitriles is 1. The van der Waals surface area contributed by atoms with Crippen LogP contribution in [0.3, 0.4) is 0 Å². The molecule has 0 radical (unpaired) electrons. The van der Waals surface area contributed by atoms with E-state index in [-0.39, 0.29) is 11.8 Å². The highest BCUT2D eigenvalue weighted by atomic mass is 16.5. The number of ether oxygens (including phenoxy) is 2.